The molecule has 0 saturated heterocycles. The average Bonchev–Trinajstić information content (AvgIpc) is 2.38. The van der Waals surface area contributed by atoms with Crippen molar-refractivity contribution in [3.05, 3.63) is 34.9 Å². The first kappa shape index (κ1) is 16.1. The Labute approximate surface area is 116 Å². The second kappa shape index (κ2) is 7.02. The van der Waals surface area contributed by atoms with Crippen LogP contribution in [-0.4, -0.2) is 40.0 Å². The molecular formula is C14H18O6. The maximum absolute atomic E-state index is 11.2. The van der Waals surface area contributed by atoms with Crippen molar-refractivity contribution in [2.24, 2.45) is 0 Å². The van der Waals surface area contributed by atoms with Gasteiger partial charge in [-0.05, 0) is 31.0 Å². The number of aromatic carboxylic acids is 1. The lowest BCUT2D eigenvalue weighted by molar-refractivity contribution is -0.147. The normalized spacial score (nSPS) is 13.6. The number of hydrogen-bond donors (Lipinski definition) is 3. The Hall–Kier alpha value is -1.92. The number of rotatable bonds is 6. The van der Waals surface area contributed by atoms with Crippen molar-refractivity contribution in [2.75, 3.05) is 6.61 Å². The number of esters is 1. The van der Waals surface area contributed by atoms with E-state index in [-0.39, 0.29) is 24.2 Å². The molecule has 6 heteroatoms. The predicted octanol–water partition coefficient (Wildman–Crippen LogP) is 1.04. The third-order valence-electron chi connectivity index (χ3n) is 2.88. The second-order valence-electron chi connectivity index (χ2n) is 4.40. The molecule has 0 bridgehead atoms. The fourth-order valence-electron chi connectivity index (χ4n) is 1.78. The van der Waals surface area contributed by atoms with Gasteiger partial charge in [0.1, 0.15) is 6.10 Å². The van der Waals surface area contributed by atoms with E-state index in [9.17, 15) is 19.8 Å². The summed E-state index contributed by atoms with van der Waals surface area (Å²) in [4.78, 5) is 22.2. The number of hydrogen-bond acceptors (Lipinski definition) is 5. The van der Waals surface area contributed by atoms with Gasteiger partial charge < -0.3 is 20.1 Å². The zero-order valence-electron chi connectivity index (χ0n) is 11.4. The molecule has 20 heavy (non-hydrogen) atoms. The Morgan fingerprint density at radius 2 is 1.95 bits per heavy atom. The maximum atomic E-state index is 11.2. The molecule has 0 spiro atoms. The van der Waals surface area contributed by atoms with E-state index >= 15 is 0 Å². The third-order valence-corrected chi connectivity index (χ3v) is 2.88. The highest BCUT2D eigenvalue weighted by Gasteiger charge is 2.23. The molecule has 0 aliphatic heterocycles. The van der Waals surface area contributed by atoms with Crippen molar-refractivity contribution < 1.29 is 29.6 Å². The van der Waals surface area contributed by atoms with E-state index in [1.807, 2.05) is 0 Å². The third kappa shape index (κ3) is 4.04. The molecule has 2 unspecified atom stereocenters. The summed E-state index contributed by atoms with van der Waals surface area (Å²) in [7, 11) is 0. The van der Waals surface area contributed by atoms with Crippen molar-refractivity contribution in [2.45, 2.75) is 32.5 Å². The van der Waals surface area contributed by atoms with Gasteiger partial charge >= 0.3 is 11.9 Å². The molecule has 0 radical (unpaired) electrons. The average molecular weight is 282 g/mol. The molecule has 0 heterocycles. The number of carbonyl (C=O) groups excluding carboxylic acids is 1. The number of ether oxygens (including phenoxy) is 1. The first-order valence-electron chi connectivity index (χ1n) is 6.22. The standard InChI is InChI=1S/C14H18O6/c1-3-20-12(16)7-11(15)13(17)9-5-4-8(2)10(6-9)14(18)19/h4-6,11,13,15,17H,3,7H2,1-2H3,(H,18,19). The van der Waals surface area contributed by atoms with Gasteiger partial charge in [0.15, 0.2) is 0 Å². The van der Waals surface area contributed by atoms with Crippen LogP contribution in [0.1, 0.15) is 40.9 Å². The van der Waals surface area contributed by atoms with E-state index < -0.39 is 24.1 Å². The van der Waals surface area contributed by atoms with Crippen LogP contribution in [0, 0.1) is 6.92 Å². The molecule has 3 N–H and O–H groups in total. The molecule has 6 nitrogen and oxygen atoms in total. The molecule has 0 fully saturated rings. The summed E-state index contributed by atoms with van der Waals surface area (Å²) in [6, 6.07) is 4.34. The monoisotopic (exact) mass is 282 g/mol. The minimum Gasteiger partial charge on any atom is -0.478 e. The number of benzene rings is 1. The summed E-state index contributed by atoms with van der Waals surface area (Å²) in [5.74, 6) is -1.74. The van der Waals surface area contributed by atoms with E-state index in [0.717, 1.165) is 0 Å². The lowest BCUT2D eigenvalue weighted by Gasteiger charge is -2.18. The van der Waals surface area contributed by atoms with Gasteiger partial charge in [0.2, 0.25) is 0 Å². The summed E-state index contributed by atoms with van der Waals surface area (Å²) < 4.78 is 4.68. The number of carbonyl (C=O) groups is 2. The van der Waals surface area contributed by atoms with Crippen LogP contribution in [0.5, 0.6) is 0 Å². The first-order valence-corrected chi connectivity index (χ1v) is 6.22. The SMILES string of the molecule is CCOC(=O)CC(O)C(O)c1ccc(C)c(C(=O)O)c1. The van der Waals surface area contributed by atoms with Crippen molar-refractivity contribution in [1.29, 1.82) is 0 Å². The predicted molar refractivity (Wildman–Crippen MR) is 70.4 cm³/mol. The maximum Gasteiger partial charge on any atom is 0.335 e. The molecule has 0 aliphatic carbocycles. The number of aliphatic hydroxyl groups is 2. The first-order chi connectivity index (χ1) is 9.36. The summed E-state index contributed by atoms with van der Waals surface area (Å²) in [6.07, 6.45) is -3.05. The lowest BCUT2D eigenvalue weighted by Crippen LogP contribution is -2.23. The largest absolute Gasteiger partial charge is 0.478 e. The number of aliphatic hydroxyl groups excluding tert-OH is 2. The quantitative estimate of drug-likeness (QED) is 0.673. The van der Waals surface area contributed by atoms with Gasteiger partial charge in [0.05, 0.1) is 24.7 Å². The van der Waals surface area contributed by atoms with Crippen LogP contribution in [0.2, 0.25) is 0 Å². The van der Waals surface area contributed by atoms with Gasteiger partial charge in [0, 0.05) is 0 Å². The van der Waals surface area contributed by atoms with Gasteiger partial charge in [-0.15, -0.1) is 0 Å². The molecule has 1 aromatic carbocycles. The van der Waals surface area contributed by atoms with Crippen molar-refractivity contribution in [1.82, 2.24) is 0 Å². The van der Waals surface area contributed by atoms with Crippen molar-refractivity contribution in [3.63, 3.8) is 0 Å². The van der Waals surface area contributed by atoms with Gasteiger partial charge in [-0.1, -0.05) is 12.1 Å². The van der Waals surface area contributed by atoms with Crippen LogP contribution < -0.4 is 0 Å². The molecule has 0 amide bonds. The van der Waals surface area contributed by atoms with E-state index in [1.54, 1.807) is 19.9 Å². The zero-order valence-corrected chi connectivity index (χ0v) is 11.4. The highest BCUT2D eigenvalue weighted by Crippen LogP contribution is 2.22. The topological polar surface area (TPSA) is 104 Å². The van der Waals surface area contributed by atoms with Crippen LogP contribution in [0.4, 0.5) is 0 Å². The van der Waals surface area contributed by atoms with E-state index in [2.05, 4.69) is 4.74 Å². The number of aryl methyl sites for hydroxylation is 1. The molecule has 2 atom stereocenters. The van der Waals surface area contributed by atoms with Crippen LogP contribution in [0.3, 0.4) is 0 Å². The Kier molecular flexibility index (Phi) is 5.66. The highest BCUT2D eigenvalue weighted by atomic mass is 16.5. The summed E-state index contributed by atoms with van der Waals surface area (Å²) in [6.45, 7) is 3.46. The molecular weight excluding hydrogens is 264 g/mol. The fourth-order valence-corrected chi connectivity index (χ4v) is 1.78. The Balaban J connectivity index is 2.86. The van der Waals surface area contributed by atoms with Crippen LogP contribution in [0.15, 0.2) is 18.2 Å². The van der Waals surface area contributed by atoms with Gasteiger partial charge in [-0.25, -0.2) is 4.79 Å². The van der Waals surface area contributed by atoms with Crippen LogP contribution in [-0.2, 0) is 9.53 Å². The van der Waals surface area contributed by atoms with Crippen molar-refractivity contribution >= 4 is 11.9 Å². The highest BCUT2D eigenvalue weighted by molar-refractivity contribution is 5.89. The minimum atomic E-state index is -1.35. The smallest absolute Gasteiger partial charge is 0.335 e. The van der Waals surface area contributed by atoms with E-state index in [4.69, 9.17) is 5.11 Å². The molecule has 1 rings (SSSR count). The number of carboxylic acid groups (broad SMARTS) is 1. The minimum absolute atomic E-state index is 0.0462. The fraction of sp³-hybridized carbons (Fsp3) is 0.429. The van der Waals surface area contributed by atoms with Crippen LogP contribution in [0.25, 0.3) is 0 Å². The Bertz CT molecular complexity index is 496. The lowest BCUT2D eigenvalue weighted by atomic mass is 9.97. The molecule has 1 aromatic rings. The summed E-state index contributed by atoms with van der Waals surface area (Å²) in [5.41, 5.74) is 0.836. The molecule has 0 saturated carbocycles. The molecule has 110 valence electrons. The van der Waals surface area contributed by atoms with Gasteiger partial charge in [0.25, 0.3) is 0 Å². The van der Waals surface area contributed by atoms with Crippen LogP contribution >= 0.6 is 0 Å². The Morgan fingerprint density at radius 1 is 1.30 bits per heavy atom. The van der Waals surface area contributed by atoms with Gasteiger partial charge in [-0.3, -0.25) is 4.79 Å². The zero-order chi connectivity index (χ0) is 15.3. The molecule has 0 aromatic heterocycles. The van der Waals surface area contributed by atoms with Crippen molar-refractivity contribution in [3.8, 4) is 0 Å². The van der Waals surface area contributed by atoms with Gasteiger partial charge in [-0.2, -0.15) is 0 Å². The number of carboxylic acids is 1. The van der Waals surface area contributed by atoms with E-state index in [0.29, 0.717) is 5.56 Å². The Morgan fingerprint density at radius 3 is 2.50 bits per heavy atom. The van der Waals surface area contributed by atoms with E-state index in [1.165, 1.54) is 12.1 Å². The second-order valence-corrected chi connectivity index (χ2v) is 4.40. The summed E-state index contributed by atoms with van der Waals surface area (Å²) >= 11 is 0. The summed E-state index contributed by atoms with van der Waals surface area (Å²) in [5, 5.41) is 28.7. The molecule has 0 aliphatic rings.